The minimum absolute atomic E-state index is 0.114. The van der Waals surface area contributed by atoms with Crippen LogP contribution >= 0.6 is 0 Å². The molecule has 5 heteroatoms. The zero-order chi connectivity index (χ0) is 19.4. The Hall–Kier alpha value is -2.95. The van der Waals surface area contributed by atoms with Crippen molar-refractivity contribution >= 4 is 16.8 Å². The van der Waals surface area contributed by atoms with E-state index < -0.39 is 0 Å². The number of carbonyl (C=O) groups is 1. The van der Waals surface area contributed by atoms with Crippen LogP contribution in [-0.2, 0) is 11.2 Å². The zero-order valence-corrected chi connectivity index (χ0v) is 15.5. The van der Waals surface area contributed by atoms with E-state index in [-0.39, 0.29) is 23.2 Å². The molecule has 1 unspecified atom stereocenters. The number of halogens is 1. The van der Waals surface area contributed by atoms with Gasteiger partial charge in [0, 0.05) is 17.6 Å². The van der Waals surface area contributed by atoms with Crippen molar-refractivity contribution in [3.8, 4) is 0 Å². The Morgan fingerprint density at radius 2 is 1.89 bits per heavy atom. The van der Waals surface area contributed by atoms with E-state index >= 15 is 0 Å². The molecule has 1 aromatic heterocycles. The van der Waals surface area contributed by atoms with Gasteiger partial charge >= 0.3 is 0 Å². The summed E-state index contributed by atoms with van der Waals surface area (Å²) >= 11 is 0. The van der Waals surface area contributed by atoms with Crippen LogP contribution in [0.3, 0.4) is 0 Å². The first kappa shape index (κ1) is 18.8. The summed E-state index contributed by atoms with van der Waals surface area (Å²) < 4.78 is 13.1. The molecule has 0 radical (unpaired) electrons. The number of pyridine rings is 1. The lowest BCUT2D eigenvalue weighted by Gasteiger charge is -2.15. The monoisotopic (exact) mass is 366 g/mol. The summed E-state index contributed by atoms with van der Waals surface area (Å²) in [6.07, 6.45) is 1.07. The van der Waals surface area contributed by atoms with Gasteiger partial charge in [0.1, 0.15) is 5.82 Å². The Balaban J connectivity index is 1.67. The highest BCUT2D eigenvalue weighted by Crippen LogP contribution is 2.20. The average molecular weight is 366 g/mol. The Morgan fingerprint density at radius 1 is 1.15 bits per heavy atom. The molecule has 0 saturated carbocycles. The van der Waals surface area contributed by atoms with Crippen molar-refractivity contribution in [3.05, 3.63) is 81.4 Å². The maximum Gasteiger partial charge on any atom is 0.251 e. The molecule has 3 aromatic rings. The van der Waals surface area contributed by atoms with Crippen molar-refractivity contribution in [3.63, 3.8) is 0 Å². The molecule has 140 valence electrons. The number of carbonyl (C=O) groups excluding carboxylic acids is 1. The van der Waals surface area contributed by atoms with E-state index in [1.165, 1.54) is 12.1 Å². The van der Waals surface area contributed by atoms with E-state index in [9.17, 15) is 14.0 Å². The van der Waals surface area contributed by atoms with Gasteiger partial charge in [-0.05, 0) is 61.0 Å². The third kappa shape index (κ3) is 4.42. The summed E-state index contributed by atoms with van der Waals surface area (Å²) in [6, 6.07) is 13.8. The molecule has 0 aliphatic heterocycles. The first-order valence-electron chi connectivity index (χ1n) is 9.13. The lowest BCUT2D eigenvalue weighted by molar-refractivity contribution is -0.122. The van der Waals surface area contributed by atoms with Gasteiger partial charge in [-0.25, -0.2) is 4.39 Å². The van der Waals surface area contributed by atoms with E-state index in [4.69, 9.17) is 0 Å². The fourth-order valence-corrected chi connectivity index (χ4v) is 3.27. The van der Waals surface area contributed by atoms with Gasteiger partial charge in [-0.1, -0.05) is 30.7 Å². The molecule has 0 fully saturated rings. The fourth-order valence-electron chi connectivity index (χ4n) is 3.27. The summed E-state index contributed by atoms with van der Waals surface area (Å²) in [7, 11) is 0. The van der Waals surface area contributed by atoms with Gasteiger partial charge < -0.3 is 10.3 Å². The molecular formula is C22H23FN2O2. The molecule has 0 aliphatic rings. The molecule has 1 heterocycles. The first-order chi connectivity index (χ1) is 13.0. The number of fused-ring (bicyclic) bond motifs is 1. The Bertz CT molecular complexity index is 1010. The third-order valence-electron chi connectivity index (χ3n) is 4.77. The van der Waals surface area contributed by atoms with Crippen LogP contribution in [0.5, 0.6) is 0 Å². The van der Waals surface area contributed by atoms with Gasteiger partial charge in [0.15, 0.2) is 0 Å². The van der Waals surface area contributed by atoms with Crippen LogP contribution in [0.25, 0.3) is 10.9 Å². The number of benzene rings is 2. The number of hydrogen-bond donors (Lipinski definition) is 2. The van der Waals surface area contributed by atoms with Gasteiger partial charge in [-0.3, -0.25) is 9.59 Å². The molecule has 4 nitrogen and oxygen atoms in total. The molecule has 1 amide bonds. The highest BCUT2D eigenvalue weighted by Gasteiger charge is 2.18. The SMILES string of the molecule is CCC(C(=O)NCCc1cc2cc(C)ccc2[nH]c1=O)c1ccc(F)cc1. The van der Waals surface area contributed by atoms with Gasteiger partial charge in [0.2, 0.25) is 5.91 Å². The van der Waals surface area contributed by atoms with Crippen LogP contribution in [0.1, 0.15) is 36.0 Å². The fraction of sp³-hybridized carbons (Fsp3) is 0.273. The standard InChI is InChI=1S/C22H23FN2O2/c1-3-19(15-5-7-18(23)8-6-15)22(27)24-11-10-16-13-17-12-14(2)4-9-20(17)25-21(16)26/h4-9,12-13,19H,3,10-11H2,1-2H3,(H,24,27)(H,25,26). The molecule has 0 spiro atoms. The second-order valence-corrected chi connectivity index (χ2v) is 6.77. The quantitative estimate of drug-likeness (QED) is 0.696. The van der Waals surface area contributed by atoms with Crippen molar-refractivity contribution in [2.45, 2.75) is 32.6 Å². The predicted molar refractivity (Wildman–Crippen MR) is 105 cm³/mol. The molecule has 0 aliphatic carbocycles. The smallest absolute Gasteiger partial charge is 0.251 e. The second kappa shape index (κ2) is 8.16. The van der Waals surface area contributed by atoms with Crippen LogP contribution in [0.15, 0.2) is 53.3 Å². The molecule has 0 saturated heterocycles. The predicted octanol–water partition coefficient (Wildman–Crippen LogP) is 3.83. The molecule has 3 rings (SSSR count). The first-order valence-corrected chi connectivity index (χ1v) is 9.13. The minimum atomic E-state index is -0.330. The third-order valence-corrected chi connectivity index (χ3v) is 4.77. The van der Waals surface area contributed by atoms with Crippen molar-refractivity contribution in [1.82, 2.24) is 10.3 Å². The van der Waals surface area contributed by atoms with Crippen LogP contribution < -0.4 is 10.9 Å². The topological polar surface area (TPSA) is 62.0 Å². The summed E-state index contributed by atoms with van der Waals surface area (Å²) in [5.41, 5.74) is 3.23. The number of amides is 1. The molecule has 1 atom stereocenters. The molecule has 27 heavy (non-hydrogen) atoms. The molecule has 2 aromatic carbocycles. The summed E-state index contributed by atoms with van der Waals surface area (Å²) in [5.74, 6) is -0.764. The summed E-state index contributed by atoms with van der Waals surface area (Å²) in [4.78, 5) is 27.6. The van der Waals surface area contributed by atoms with Crippen LogP contribution in [0.4, 0.5) is 4.39 Å². The van der Waals surface area contributed by atoms with Crippen LogP contribution in [-0.4, -0.2) is 17.4 Å². The summed E-state index contributed by atoms with van der Waals surface area (Å²) in [6.45, 7) is 4.30. The van der Waals surface area contributed by atoms with Gasteiger partial charge in [0.25, 0.3) is 5.56 Å². The number of hydrogen-bond acceptors (Lipinski definition) is 2. The zero-order valence-electron chi connectivity index (χ0n) is 15.5. The highest BCUT2D eigenvalue weighted by atomic mass is 19.1. The minimum Gasteiger partial charge on any atom is -0.355 e. The van der Waals surface area contributed by atoms with Crippen molar-refractivity contribution in [2.75, 3.05) is 6.54 Å². The summed E-state index contributed by atoms with van der Waals surface area (Å²) in [5, 5.41) is 3.88. The van der Waals surface area contributed by atoms with E-state index in [2.05, 4.69) is 10.3 Å². The number of aromatic amines is 1. The van der Waals surface area contributed by atoms with E-state index in [0.29, 0.717) is 24.9 Å². The number of aromatic nitrogens is 1. The number of H-pyrrole nitrogens is 1. The Labute approximate surface area is 157 Å². The van der Waals surface area contributed by atoms with Crippen molar-refractivity contribution < 1.29 is 9.18 Å². The maximum atomic E-state index is 13.1. The van der Waals surface area contributed by atoms with E-state index in [0.717, 1.165) is 22.0 Å². The normalized spacial score (nSPS) is 12.1. The lowest BCUT2D eigenvalue weighted by Crippen LogP contribution is -2.31. The van der Waals surface area contributed by atoms with Crippen LogP contribution in [0.2, 0.25) is 0 Å². The highest BCUT2D eigenvalue weighted by molar-refractivity contribution is 5.83. The van der Waals surface area contributed by atoms with Gasteiger partial charge in [0.05, 0.1) is 5.92 Å². The van der Waals surface area contributed by atoms with Crippen LogP contribution in [0, 0.1) is 12.7 Å². The van der Waals surface area contributed by atoms with Gasteiger partial charge in [-0.2, -0.15) is 0 Å². The van der Waals surface area contributed by atoms with Crippen molar-refractivity contribution in [1.29, 1.82) is 0 Å². The Kier molecular flexibility index (Phi) is 5.69. The number of aryl methyl sites for hydroxylation is 1. The van der Waals surface area contributed by atoms with E-state index in [1.807, 2.05) is 38.1 Å². The number of rotatable bonds is 6. The van der Waals surface area contributed by atoms with E-state index in [1.54, 1.807) is 12.1 Å². The Morgan fingerprint density at radius 3 is 2.59 bits per heavy atom. The maximum absolute atomic E-state index is 13.1. The van der Waals surface area contributed by atoms with Gasteiger partial charge in [-0.15, -0.1) is 0 Å². The second-order valence-electron chi connectivity index (χ2n) is 6.77. The average Bonchev–Trinajstić information content (AvgIpc) is 2.64. The number of nitrogens with one attached hydrogen (secondary N) is 2. The molecular weight excluding hydrogens is 343 g/mol. The van der Waals surface area contributed by atoms with Crippen molar-refractivity contribution in [2.24, 2.45) is 0 Å². The lowest BCUT2D eigenvalue weighted by atomic mass is 9.95. The molecule has 0 bridgehead atoms. The largest absolute Gasteiger partial charge is 0.355 e. The molecule has 2 N–H and O–H groups in total.